The molecule has 0 spiro atoms. The van der Waals surface area contributed by atoms with Crippen molar-refractivity contribution in [2.45, 2.75) is 57.4 Å². The molecular weight excluding hydrogens is 266 g/mol. The van der Waals surface area contributed by atoms with Gasteiger partial charge in [0.15, 0.2) is 0 Å². The Kier molecular flexibility index (Phi) is 6.49. The lowest BCUT2D eigenvalue weighted by atomic mass is 10.0. The molecule has 1 unspecified atom stereocenters. The molecule has 0 aromatic heterocycles. The number of amides is 2. The lowest BCUT2D eigenvalue weighted by molar-refractivity contribution is -0.134. The lowest BCUT2D eigenvalue weighted by Gasteiger charge is -2.32. The number of nitrogens with one attached hydrogen (secondary N) is 2. The second-order valence-corrected chi connectivity index (χ2v) is 6.43. The maximum atomic E-state index is 12.1. The number of hydrogen-bond donors (Lipinski definition) is 2. The summed E-state index contributed by atoms with van der Waals surface area (Å²) in [4.78, 5) is 25.8. The van der Waals surface area contributed by atoms with Crippen molar-refractivity contribution in [1.29, 1.82) is 0 Å². The van der Waals surface area contributed by atoms with E-state index in [0.29, 0.717) is 12.5 Å². The van der Waals surface area contributed by atoms with Gasteiger partial charge in [-0.15, -0.1) is 0 Å². The van der Waals surface area contributed by atoms with Crippen LogP contribution >= 0.6 is 0 Å². The third-order valence-corrected chi connectivity index (χ3v) is 4.87. The summed E-state index contributed by atoms with van der Waals surface area (Å²) in [5.41, 5.74) is 0. The minimum Gasteiger partial charge on any atom is -0.347 e. The second-order valence-electron chi connectivity index (χ2n) is 6.43. The molecule has 2 fully saturated rings. The predicted molar refractivity (Wildman–Crippen MR) is 82.9 cm³/mol. The Balaban J connectivity index is 1.62. The van der Waals surface area contributed by atoms with Gasteiger partial charge in [-0.3, -0.25) is 9.59 Å². The third-order valence-electron chi connectivity index (χ3n) is 4.87. The highest BCUT2D eigenvalue weighted by molar-refractivity contribution is 5.84. The minimum atomic E-state index is 0.0254. The van der Waals surface area contributed by atoms with Crippen LogP contribution in [0.1, 0.15) is 51.4 Å². The van der Waals surface area contributed by atoms with Crippen molar-refractivity contribution < 1.29 is 9.59 Å². The summed E-state index contributed by atoms with van der Waals surface area (Å²) in [5.74, 6) is 0.798. The summed E-state index contributed by atoms with van der Waals surface area (Å²) in [7, 11) is 1.93. The highest BCUT2D eigenvalue weighted by Crippen LogP contribution is 2.28. The van der Waals surface area contributed by atoms with Crippen molar-refractivity contribution in [3.8, 4) is 0 Å². The maximum absolute atomic E-state index is 12.1. The van der Waals surface area contributed by atoms with Crippen molar-refractivity contribution in [3.05, 3.63) is 0 Å². The molecule has 1 atom stereocenters. The molecular formula is C16H29N3O2. The van der Waals surface area contributed by atoms with E-state index in [9.17, 15) is 9.59 Å². The maximum Gasteiger partial charge on any atom is 0.242 e. The Morgan fingerprint density at radius 1 is 1.14 bits per heavy atom. The number of likely N-dealkylation sites (N-methyl/N-ethyl adjacent to an activating group) is 1. The SMILES string of the molecule is CNC1CCCN(C(=O)CNC(=O)CCC2CCCC2)C1. The van der Waals surface area contributed by atoms with Crippen LogP contribution in [0.25, 0.3) is 0 Å². The lowest BCUT2D eigenvalue weighted by Crippen LogP contribution is -2.49. The molecule has 0 bridgehead atoms. The van der Waals surface area contributed by atoms with Crippen LogP contribution in [0.4, 0.5) is 0 Å². The summed E-state index contributed by atoms with van der Waals surface area (Å²) in [6.45, 7) is 1.72. The molecule has 2 amide bonds. The monoisotopic (exact) mass is 295 g/mol. The zero-order valence-corrected chi connectivity index (χ0v) is 13.2. The number of likely N-dealkylation sites (tertiary alicyclic amines) is 1. The van der Waals surface area contributed by atoms with Gasteiger partial charge in [-0.1, -0.05) is 25.7 Å². The van der Waals surface area contributed by atoms with Crippen LogP contribution in [-0.2, 0) is 9.59 Å². The fourth-order valence-corrected chi connectivity index (χ4v) is 3.45. The molecule has 1 heterocycles. The van der Waals surface area contributed by atoms with E-state index in [-0.39, 0.29) is 18.4 Å². The van der Waals surface area contributed by atoms with Gasteiger partial charge in [-0.05, 0) is 32.2 Å². The van der Waals surface area contributed by atoms with Crippen LogP contribution in [0.15, 0.2) is 0 Å². The summed E-state index contributed by atoms with van der Waals surface area (Å²) >= 11 is 0. The van der Waals surface area contributed by atoms with Gasteiger partial charge in [0.25, 0.3) is 0 Å². The highest BCUT2D eigenvalue weighted by Gasteiger charge is 2.22. The number of hydrogen-bond acceptors (Lipinski definition) is 3. The van der Waals surface area contributed by atoms with Gasteiger partial charge < -0.3 is 15.5 Å². The van der Waals surface area contributed by atoms with Gasteiger partial charge in [0.1, 0.15) is 0 Å². The standard InChI is InChI=1S/C16H29N3O2/c1-17-14-7-4-10-19(12-14)16(21)11-18-15(20)9-8-13-5-2-3-6-13/h13-14,17H,2-12H2,1H3,(H,18,20). The molecule has 5 heteroatoms. The van der Waals surface area contributed by atoms with Crippen LogP contribution in [0.2, 0.25) is 0 Å². The normalized spacial score (nSPS) is 23.3. The fourth-order valence-electron chi connectivity index (χ4n) is 3.45. The fraction of sp³-hybridized carbons (Fsp3) is 0.875. The number of carbonyl (C=O) groups is 2. The van der Waals surface area contributed by atoms with E-state index >= 15 is 0 Å². The molecule has 1 aliphatic heterocycles. The van der Waals surface area contributed by atoms with Crippen LogP contribution < -0.4 is 10.6 Å². The molecule has 2 N–H and O–H groups in total. The molecule has 1 saturated heterocycles. The van der Waals surface area contributed by atoms with Gasteiger partial charge >= 0.3 is 0 Å². The van der Waals surface area contributed by atoms with E-state index in [1.807, 2.05) is 11.9 Å². The van der Waals surface area contributed by atoms with Crippen molar-refractivity contribution in [3.63, 3.8) is 0 Å². The predicted octanol–water partition coefficient (Wildman–Crippen LogP) is 1.28. The molecule has 21 heavy (non-hydrogen) atoms. The summed E-state index contributed by atoms with van der Waals surface area (Å²) in [6.07, 6.45) is 8.86. The first-order valence-electron chi connectivity index (χ1n) is 8.40. The Bertz CT molecular complexity index is 353. The van der Waals surface area contributed by atoms with E-state index in [0.717, 1.165) is 38.3 Å². The summed E-state index contributed by atoms with van der Waals surface area (Å²) < 4.78 is 0. The van der Waals surface area contributed by atoms with E-state index in [4.69, 9.17) is 0 Å². The second kappa shape index (κ2) is 8.37. The van der Waals surface area contributed by atoms with Crippen molar-refractivity contribution in [1.82, 2.24) is 15.5 Å². The Hall–Kier alpha value is -1.10. The molecule has 0 aromatic rings. The van der Waals surface area contributed by atoms with Crippen molar-refractivity contribution in [2.75, 3.05) is 26.7 Å². The van der Waals surface area contributed by atoms with E-state index < -0.39 is 0 Å². The quantitative estimate of drug-likeness (QED) is 0.776. The van der Waals surface area contributed by atoms with E-state index in [1.54, 1.807) is 0 Å². The molecule has 2 rings (SSSR count). The molecule has 1 aliphatic carbocycles. The molecule has 0 radical (unpaired) electrons. The molecule has 1 saturated carbocycles. The Labute approximate surface area is 127 Å². The topological polar surface area (TPSA) is 61.4 Å². The zero-order valence-electron chi connectivity index (χ0n) is 13.2. The van der Waals surface area contributed by atoms with Gasteiger partial charge in [-0.25, -0.2) is 0 Å². The number of rotatable bonds is 6. The van der Waals surface area contributed by atoms with Gasteiger partial charge in [0.05, 0.1) is 6.54 Å². The minimum absolute atomic E-state index is 0.0254. The number of nitrogens with zero attached hydrogens (tertiary/aromatic N) is 1. The highest BCUT2D eigenvalue weighted by atomic mass is 16.2. The van der Waals surface area contributed by atoms with Crippen molar-refractivity contribution in [2.24, 2.45) is 5.92 Å². The first-order valence-corrected chi connectivity index (χ1v) is 8.40. The zero-order chi connectivity index (χ0) is 15.1. The van der Waals surface area contributed by atoms with Crippen molar-refractivity contribution >= 4 is 11.8 Å². The van der Waals surface area contributed by atoms with Gasteiger partial charge in [0, 0.05) is 25.6 Å². The molecule has 5 nitrogen and oxygen atoms in total. The van der Waals surface area contributed by atoms with Gasteiger partial charge in [0.2, 0.25) is 11.8 Å². The van der Waals surface area contributed by atoms with Crippen LogP contribution in [-0.4, -0.2) is 49.4 Å². The van der Waals surface area contributed by atoms with Gasteiger partial charge in [-0.2, -0.15) is 0 Å². The summed E-state index contributed by atoms with van der Waals surface area (Å²) in [5, 5.41) is 6.01. The van der Waals surface area contributed by atoms with E-state index in [1.165, 1.54) is 25.7 Å². The molecule has 2 aliphatic rings. The molecule has 120 valence electrons. The Morgan fingerprint density at radius 2 is 1.90 bits per heavy atom. The van der Waals surface area contributed by atoms with E-state index in [2.05, 4.69) is 10.6 Å². The number of carbonyl (C=O) groups excluding carboxylic acids is 2. The van der Waals surface area contributed by atoms with Crippen LogP contribution in [0.5, 0.6) is 0 Å². The third kappa shape index (κ3) is 5.30. The Morgan fingerprint density at radius 3 is 2.62 bits per heavy atom. The average molecular weight is 295 g/mol. The largest absolute Gasteiger partial charge is 0.347 e. The summed E-state index contributed by atoms with van der Waals surface area (Å²) in [6, 6.07) is 0.390. The van der Waals surface area contributed by atoms with Crippen LogP contribution in [0.3, 0.4) is 0 Å². The first kappa shape index (κ1) is 16.3. The molecule has 0 aromatic carbocycles. The smallest absolute Gasteiger partial charge is 0.242 e. The average Bonchev–Trinajstić information content (AvgIpc) is 3.04. The first-order chi connectivity index (χ1) is 10.2. The number of piperidine rings is 1. The van der Waals surface area contributed by atoms with Crippen LogP contribution in [0, 0.1) is 5.92 Å².